The van der Waals surface area contributed by atoms with Crippen LogP contribution in [0, 0.1) is 0 Å². The second kappa shape index (κ2) is 15.4. The Hall–Kier alpha value is -4.65. The Bertz CT molecular complexity index is 1660. The van der Waals surface area contributed by atoms with Crippen molar-refractivity contribution in [3.05, 3.63) is 104 Å². The Balaban J connectivity index is 1.36. The summed E-state index contributed by atoms with van der Waals surface area (Å²) in [6.45, 7) is 3.40. The summed E-state index contributed by atoms with van der Waals surface area (Å²) in [6.07, 6.45) is 1.36. The van der Waals surface area contributed by atoms with Gasteiger partial charge in [0.15, 0.2) is 17.5 Å². The normalized spacial score (nSPS) is 14.4. The van der Waals surface area contributed by atoms with E-state index in [1.807, 2.05) is 0 Å². The second-order valence-corrected chi connectivity index (χ2v) is 10.7. The molecular formula is C31H28Cl2N4O7S. The Morgan fingerprint density at radius 3 is 2.42 bits per heavy atom. The number of carboxylic acids is 1. The highest BCUT2D eigenvalue weighted by atomic mass is 35.5. The number of nitrogens with one attached hydrogen (secondary N) is 3. The molecule has 1 aliphatic rings. The number of hydrogen-bond donors (Lipinski definition) is 4. The smallest absolute Gasteiger partial charge is 0.338 e. The number of hydrogen-bond acceptors (Lipinski definition) is 8. The van der Waals surface area contributed by atoms with E-state index in [0.717, 1.165) is 5.56 Å². The van der Waals surface area contributed by atoms with Gasteiger partial charge in [0.05, 0.1) is 40.0 Å². The van der Waals surface area contributed by atoms with Gasteiger partial charge in [-0.3, -0.25) is 4.79 Å². The van der Waals surface area contributed by atoms with Crippen LogP contribution in [0.25, 0.3) is 0 Å². The topological polar surface area (TPSA) is 148 Å². The minimum Gasteiger partial charge on any atom is -0.486 e. The van der Waals surface area contributed by atoms with Crippen LogP contribution < -0.4 is 25.5 Å². The number of aromatic carboxylic acids is 1. The summed E-state index contributed by atoms with van der Waals surface area (Å²) in [7, 11) is 0. The van der Waals surface area contributed by atoms with E-state index in [0.29, 0.717) is 33.3 Å². The second-order valence-electron chi connectivity index (χ2n) is 9.51. The van der Waals surface area contributed by atoms with E-state index in [1.165, 1.54) is 18.3 Å². The molecule has 0 bridgehead atoms. The molecule has 45 heavy (non-hydrogen) atoms. The van der Waals surface area contributed by atoms with Crippen LogP contribution in [0.15, 0.2) is 77.0 Å². The van der Waals surface area contributed by atoms with Gasteiger partial charge in [0.25, 0.3) is 5.91 Å². The Morgan fingerprint density at radius 2 is 1.76 bits per heavy atom. The number of ether oxygens (including phenoxy) is 3. The Morgan fingerprint density at radius 1 is 1.07 bits per heavy atom. The predicted molar refractivity (Wildman–Crippen MR) is 173 cm³/mol. The standard InChI is InChI=1S/C31H28Cl2N4O7S/c1-3-42-30(41)26-17(2)35-31(45)36-27(26)21-6-4-5-7-24(21)43-16-25(38)37-34-14-19-12-22(32)28(23(33)13-19)44-15-18-8-10-20(11-9-18)29(39)40/h4-14,27H,3,15-16H2,1-2H3,(H,37,38)(H,39,40)(H2,35,36,45)/t27-/m0/s1. The first-order valence-electron chi connectivity index (χ1n) is 13.5. The highest BCUT2D eigenvalue weighted by Gasteiger charge is 2.32. The molecule has 1 heterocycles. The van der Waals surface area contributed by atoms with Crippen LogP contribution in [-0.2, 0) is 20.9 Å². The molecule has 1 atom stereocenters. The lowest BCUT2D eigenvalue weighted by Crippen LogP contribution is -2.45. The Labute approximate surface area is 274 Å². The average molecular weight is 672 g/mol. The summed E-state index contributed by atoms with van der Waals surface area (Å²) in [5, 5.41) is 19.8. The van der Waals surface area contributed by atoms with Crippen LogP contribution in [0.2, 0.25) is 10.0 Å². The highest BCUT2D eigenvalue weighted by molar-refractivity contribution is 7.80. The van der Waals surface area contributed by atoms with Crippen LogP contribution in [-0.4, -0.2) is 47.5 Å². The number of carboxylic acid groups (broad SMARTS) is 1. The van der Waals surface area contributed by atoms with Gasteiger partial charge < -0.3 is 30.0 Å². The molecule has 0 unspecified atom stereocenters. The van der Waals surface area contributed by atoms with E-state index >= 15 is 0 Å². The van der Waals surface area contributed by atoms with Crippen molar-refractivity contribution in [1.82, 2.24) is 16.1 Å². The molecule has 0 spiro atoms. The molecule has 11 nitrogen and oxygen atoms in total. The van der Waals surface area contributed by atoms with E-state index in [2.05, 4.69) is 21.2 Å². The maximum atomic E-state index is 12.7. The van der Waals surface area contributed by atoms with Crippen molar-refractivity contribution < 1.29 is 33.7 Å². The van der Waals surface area contributed by atoms with Gasteiger partial charge in [-0.15, -0.1) is 0 Å². The third-order valence-corrected chi connectivity index (χ3v) is 7.14. The average Bonchev–Trinajstić information content (AvgIpc) is 2.99. The molecule has 4 rings (SSSR count). The van der Waals surface area contributed by atoms with E-state index < -0.39 is 23.9 Å². The summed E-state index contributed by atoms with van der Waals surface area (Å²) in [5.74, 6) is -1.46. The molecule has 1 amide bonds. The van der Waals surface area contributed by atoms with Crippen molar-refractivity contribution >= 4 is 64.6 Å². The molecular weight excluding hydrogens is 643 g/mol. The van der Waals surface area contributed by atoms with Gasteiger partial charge >= 0.3 is 11.9 Å². The number of benzene rings is 3. The van der Waals surface area contributed by atoms with Crippen molar-refractivity contribution in [2.45, 2.75) is 26.5 Å². The number of hydrazone groups is 1. The Kier molecular flexibility index (Phi) is 11.4. The monoisotopic (exact) mass is 670 g/mol. The summed E-state index contributed by atoms with van der Waals surface area (Å²) < 4.78 is 16.8. The molecule has 0 radical (unpaired) electrons. The van der Waals surface area contributed by atoms with E-state index in [9.17, 15) is 14.4 Å². The fourth-order valence-electron chi connectivity index (χ4n) is 4.30. The predicted octanol–water partition coefficient (Wildman–Crippen LogP) is 5.16. The molecule has 3 aromatic carbocycles. The van der Waals surface area contributed by atoms with E-state index in [1.54, 1.807) is 62.4 Å². The SMILES string of the molecule is CCOC(=O)C1=C(C)NC(=S)N[C@H]1c1ccccc1OCC(=O)NN=Cc1cc(Cl)c(OCc2ccc(C(=O)O)cc2)c(Cl)c1. The third kappa shape index (κ3) is 8.72. The number of halogens is 2. The number of amides is 1. The fraction of sp³-hybridized carbons (Fsp3) is 0.194. The van der Waals surface area contributed by atoms with Crippen LogP contribution in [0.4, 0.5) is 0 Å². The molecule has 0 aliphatic carbocycles. The number of esters is 1. The number of rotatable bonds is 12. The van der Waals surface area contributed by atoms with Crippen molar-refractivity contribution in [3.8, 4) is 11.5 Å². The fourth-order valence-corrected chi connectivity index (χ4v) is 5.19. The van der Waals surface area contributed by atoms with Gasteiger partial charge in [0, 0.05) is 11.3 Å². The van der Waals surface area contributed by atoms with Gasteiger partial charge in [-0.25, -0.2) is 15.0 Å². The van der Waals surface area contributed by atoms with Crippen molar-refractivity contribution in [1.29, 1.82) is 0 Å². The van der Waals surface area contributed by atoms with E-state index in [-0.39, 0.29) is 41.2 Å². The van der Waals surface area contributed by atoms with E-state index in [4.69, 9.17) is 54.7 Å². The first-order valence-corrected chi connectivity index (χ1v) is 14.7. The molecule has 0 saturated carbocycles. The van der Waals surface area contributed by atoms with Crippen LogP contribution >= 0.6 is 35.4 Å². The lowest BCUT2D eigenvalue weighted by molar-refractivity contribution is -0.139. The highest BCUT2D eigenvalue weighted by Crippen LogP contribution is 2.35. The van der Waals surface area contributed by atoms with Gasteiger partial charge in [-0.05, 0) is 67.5 Å². The molecule has 0 aromatic heterocycles. The zero-order chi connectivity index (χ0) is 32.5. The molecule has 0 fully saturated rings. The lowest BCUT2D eigenvalue weighted by atomic mass is 9.95. The maximum Gasteiger partial charge on any atom is 0.338 e. The summed E-state index contributed by atoms with van der Waals surface area (Å²) in [4.78, 5) is 36.3. The molecule has 4 N–H and O–H groups in total. The molecule has 14 heteroatoms. The van der Waals surface area contributed by atoms with Crippen molar-refractivity contribution in [2.24, 2.45) is 5.10 Å². The van der Waals surface area contributed by atoms with Gasteiger partial charge in [0.2, 0.25) is 0 Å². The largest absolute Gasteiger partial charge is 0.486 e. The number of carbonyl (C=O) groups excluding carboxylic acids is 2. The quantitative estimate of drug-likeness (QED) is 0.0882. The number of para-hydroxylation sites is 1. The first-order chi connectivity index (χ1) is 21.6. The van der Waals surface area contributed by atoms with Crippen molar-refractivity contribution in [2.75, 3.05) is 13.2 Å². The van der Waals surface area contributed by atoms with Crippen molar-refractivity contribution in [3.63, 3.8) is 0 Å². The van der Waals surface area contributed by atoms with Gasteiger partial charge in [0.1, 0.15) is 12.4 Å². The zero-order valence-electron chi connectivity index (χ0n) is 24.1. The molecule has 1 aliphatic heterocycles. The molecule has 0 saturated heterocycles. The van der Waals surface area contributed by atoms with Gasteiger partial charge in [-0.2, -0.15) is 5.10 Å². The molecule has 234 valence electrons. The summed E-state index contributed by atoms with van der Waals surface area (Å²) >= 11 is 18.0. The number of thiocarbonyl (C=S) groups is 1. The maximum absolute atomic E-state index is 12.7. The first kappa shape index (κ1) is 33.2. The minimum atomic E-state index is -1.02. The van der Waals surface area contributed by atoms with Crippen LogP contribution in [0.5, 0.6) is 11.5 Å². The summed E-state index contributed by atoms with van der Waals surface area (Å²) in [6, 6.07) is 15.6. The molecule has 3 aromatic rings. The number of allylic oxidation sites excluding steroid dienone is 1. The third-order valence-electron chi connectivity index (χ3n) is 6.36. The van der Waals surface area contributed by atoms with Crippen LogP contribution in [0.3, 0.4) is 0 Å². The zero-order valence-corrected chi connectivity index (χ0v) is 26.4. The lowest BCUT2D eigenvalue weighted by Gasteiger charge is -2.30. The number of carbonyl (C=O) groups is 3. The van der Waals surface area contributed by atoms with Gasteiger partial charge in [-0.1, -0.05) is 53.5 Å². The summed E-state index contributed by atoms with van der Waals surface area (Å²) in [5.41, 5.74) is 5.26. The minimum absolute atomic E-state index is 0.117. The number of nitrogens with zero attached hydrogens (tertiary/aromatic N) is 1. The van der Waals surface area contributed by atoms with Crippen LogP contribution in [0.1, 0.15) is 46.9 Å².